The normalized spacial score (nSPS) is 14.0. The fourth-order valence-corrected chi connectivity index (χ4v) is 4.68. The summed E-state index contributed by atoms with van der Waals surface area (Å²) < 4.78 is 0. The van der Waals surface area contributed by atoms with Gasteiger partial charge < -0.3 is 0 Å². The first kappa shape index (κ1) is 31.6. The summed E-state index contributed by atoms with van der Waals surface area (Å²) in [5, 5.41) is 0. The zero-order valence-corrected chi connectivity index (χ0v) is 25.5. The number of hydrogen-bond donors (Lipinski definition) is 0. The van der Waals surface area contributed by atoms with Crippen LogP contribution in [-0.4, -0.2) is 23.6 Å². The van der Waals surface area contributed by atoms with Gasteiger partial charge in [0.15, 0.2) is 0 Å². The van der Waals surface area contributed by atoms with Crippen LogP contribution in [0.1, 0.15) is 38.8 Å². The van der Waals surface area contributed by atoms with E-state index in [1.54, 1.807) is 62.4 Å². The van der Waals surface area contributed by atoms with Gasteiger partial charge in [-0.15, -0.1) is 0 Å². The highest BCUT2D eigenvalue weighted by Crippen LogP contribution is 2.23. The number of hydrogen-bond acceptors (Lipinski definition) is 4. The molecule has 0 radical (unpaired) electrons. The summed E-state index contributed by atoms with van der Waals surface area (Å²) >= 11 is 0. The lowest BCUT2D eigenvalue weighted by Gasteiger charge is -2.13. The molecule has 0 saturated carbocycles. The predicted octanol–water partition coefficient (Wildman–Crippen LogP) is 7.49. The van der Waals surface area contributed by atoms with Crippen molar-refractivity contribution >= 4 is 35.0 Å². The average Bonchev–Trinajstić information content (AvgIpc) is 3.48. The Balaban J connectivity index is 0.000000151. The number of para-hydroxylation sites is 2. The largest absolute Gasteiger partial charge is 0.269 e. The number of rotatable bonds is 5. The minimum atomic E-state index is -0.265. The maximum atomic E-state index is 11.6. The van der Waals surface area contributed by atoms with Crippen LogP contribution in [0.5, 0.6) is 0 Å². The lowest BCUT2D eigenvalue weighted by Crippen LogP contribution is -2.30. The number of carbonyl (C=O) groups excluding carboxylic acids is 4. The van der Waals surface area contributed by atoms with Gasteiger partial charge in [0.2, 0.25) is 0 Å². The van der Waals surface area contributed by atoms with Crippen molar-refractivity contribution in [2.75, 3.05) is 9.80 Å². The third kappa shape index (κ3) is 7.53. The summed E-state index contributed by atoms with van der Waals surface area (Å²) in [6.07, 6.45) is 4.93. The van der Waals surface area contributed by atoms with Gasteiger partial charge in [-0.3, -0.25) is 19.2 Å². The number of amides is 4. The lowest BCUT2D eigenvalue weighted by molar-refractivity contribution is -0.121. The summed E-state index contributed by atoms with van der Waals surface area (Å²) in [7, 11) is 0. The molecule has 222 valence electrons. The Morgan fingerprint density at radius 3 is 1.02 bits per heavy atom. The molecular weight excluding hydrogens is 548 g/mol. The van der Waals surface area contributed by atoms with Crippen molar-refractivity contribution in [2.45, 2.75) is 40.5 Å². The van der Waals surface area contributed by atoms with E-state index in [0.717, 1.165) is 12.8 Å². The molecule has 0 aliphatic carbocycles. The molecule has 6 heteroatoms. The second-order valence-electron chi connectivity index (χ2n) is 10.4. The van der Waals surface area contributed by atoms with Crippen LogP contribution in [0.4, 0.5) is 11.4 Å². The Hall–Kier alpha value is -5.36. The average molecular weight is 585 g/mol. The molecule has 0 bridgehead atoms. The second kappa shape index (κ2) is 14.7. The zero-order chi connectivity index (χ0) is 31.6. The molecule has 0 fully saturated rings. The van der Waals surface area contributed by atoms with Gasteiger partial charge in [-0.25, -0.2) is 9.80 Å². The SMILES string of the molecule is CC1=CC(=O)N(c2ccccc2)C1=O.CC1=CC(=O)N(c2ccccc2)C1=O.CCc1ccc(-c2ccc(CC)cc2)cc1. The topological polar surface area (TPSA) is 74.8 Å². The summed E-state index contributed by atoms with van der Waals surface area (Å²) in [4.78, 5) is 48.3. The van der Waals surface area contributed by atoms with E-state index in [1.807, 2.05) is 12.1 Å². The number of aryl methyl sites for hydroxylation is 2. The number of imide groups is 2. The maximum absolute atomic E-state index is 11.6. The summed E-state index contributed by atoms with van der Waals surface area (Å²) in [5.41, 5.74) is 7.62. The molecule has 0 unspecified atom stereocenters. The molecule has 2 heterocycles. The first-order valence-electron chi connectivity index (χ1n) is 14.6. The van der Waals surface area contributed by atoms with Crippen molar-refractivity contribution in [3.8, 4) is 11.1 Å². The van der Waals surface area contributed by atoms with Crippen LogP contribution < -0.4 is 9.80 Å². The van der Waals surface area contributed by atoms with Crippen LogP contribution in [0.3, 0.4) is 0 Å². The Kier molecular flexibility index (Phi) is 10.5. The van der Waals surface area contributed by atoms with E-state index in [2.05, 4.69) is 62.4 Å². The Morgan fingerprint density at radius 1 is 0.455 bits per heavy atom. The number of benzene rings is 4. The van der Waals surface area contributed by atoms with E-state index in [0.29, 0.717) is 22.5 Å². The van der Waals surface area contributed by atoms with Gasteiger partial charge >= 0.3 is 0 Å². The van der Waals surface area contributed by atoms with E-state index < -0.39 is 0 Å². The molecule has 6 rings (SSSR count). The maximum Gasteiger partial charge on any atom is 0.261 e. The van der Waals surface area contributed by atoms with Crippen molar-refractivity contribution in [1.29, 1.82) is 0 Å². The predicted molar refractivity (Wildman–Crippen MR) is 176 cm³/mol. The van der Waals surface area contributed by atoms with Crippen molar-refractivity contribution < 1.29 is 19.2 Å². The Labute approximate surface area is 258 Å². The standard InChI is InChI=1S/C16H18.2C11H9NO2/c1-3-13-5-9-15(10-6-13)16-11-7-14(4-2)8-12-16;2*1-8-7-10(13)12(11(8)14)9-5-3-2-4-6-9/h5-12H,3-4H2,1-2H3;2*2-7H,1H3. The lowest BCUT2D eigenvalue weighted by atomic mass is 10.0. The van der Waals surface area contributed by atoms with Crippen LogP contribution in [0, 0.1) is 0 Å². The fourth-order valence-electron chi connectivity index (χ4n) is 4.68. The number of nitrogens with zero attached hydrogens (tertiary/aromatic N) is 2. The molecule has 0 N–H and O–H groups in total. The molecule has 6 nitrogen and oxygen atoms in total. The minimum Gasteiger partial charge on any atom is -0.269 e. The molecule has 2 aliphatic heterocycles. The fraction of sp³-hybridized carbons (Fsp3) is 0.158. The van der Waals surface area contributed by atoms with Gasteiger partial charge in [-0.05, 0) is 73.2 Å². The number of carbonyl (C=O) groups is 4. The van der Waals surface area contributed by atoms with Crippen LogP contribution >= 0.6 is 0 Å². The third-order valence-corrected chi connectivity index (χ3v) is 7.29. The summed E-state index contributed by atoms with van der Waals surface area (Å²) in [5.74, 6) is -1.00. The molecule has 0 aromatic heterocycles. The summed E-state index contributed by atoms with van der Waals surface area (Å²) in [6, 6.07) is 35.5. The second-order valence-corrected chi connectivity index (χ2v) is 10.4. The van der Waals surface area contributed by atoms with E-state index in [-0.39, 0.29) is 23.6 Å². The van der Waals surface area contributed by atoms with Gasteiger partial charge in [-0.1, -0.05) is 98.8 Å². The van der Waals surface area contributed by atoms with Gasteiger partial charge in [0, 0.05) is 23.3 Å². The first-order valence-corrected chi connectivity index (χ1v) is 14.6. The molecule has 4 aromatic rings. The quantitative estimate of drug-likeness (QED) is 0.228. The van der Waals surface area contributed by atoms with E-state index in [9.17, 15) is 19.2 Å². The highest BCUT2D eigenvalue weighted by molar-refractivity contribution is 6.31. The minimum absolute atomic E-state index is 0.235. The smallest absolute Gasteiger partial charge is 0.261 e. The molecule has 4 amide bonds. The molecule has 0 saturated heterocycles. The van der Waals surface area contributed by atoms with Gasteiger partial charge in [0.05, 0.1) is 11.4 Å². The first-order chi connectivity index (χ1) is 21.2. The highest BCUT2D eigenvalue weighted by Gasteiger charge is 2.30. The van der Waals surface area contributed by atoms with Gasteiger partial charge in [0.1, 0.15) is 0 Å². The Morgan fingerprint density at radius 2 is 0.773 bits per heavy atom. The van der Waals surface area contributed by atoms with Crippen molar-refractivity contribution in [3.05, 3.63) is 144 Å². The third-order valence-electron chi connectivity index (χ3n) is 7.29. The van der Waals surface area contributed by atoms with Gasteiger partial charge in [-0.2, -0.15) is 0 Å². The van der Waals surface area contributed by atoms with Gasteiger partial charge in [0.25, 0.3) is 23.6 Å². The van der Waals surface area contributed by atoms with E-state index in [1.165, 1.54) is 44.2 Å². The summed E-state index contributed by atoms with van der Waals surface area (Å²) in [6.45, 7) is 7.66. The van der Waals surface area contributed by atoms with Crippen LogP contribution in [0.15, 0.2) is 132 Å². The molecular formula is C38H36N2O4. The van der Waals surface area contributed by atoms with Crippen LogP contribution in [0.2, 0.25) is 0 Å². The van der Waals surface area contributed by atoms with Crippen molar-refractivity contribution in [1.82, 2.24) is 0 Å². The van der Waals surface area contributed by atoms with Crippen molar-refractivity contribution in [2.24, 2.45) is 0 Å². The van der Waals surface area contributed by atoms with E-state index >= 15 is 0 Å². The molecule has 4 aromatic carbocycles. The zero-order valence-electron chi connectivity index (χ0n) is 25.5. The monoisotopic (exact) mass is 584 g/mol. The highest BCUT2D eigenvalue weighted by atomic mass is 16.2. The molecule has 0 atom stereocenters. The number of anilines is 2. The van der Waals surface area contributed by atoms with Crippen LogP contribution in [0.25, 0.3) is 11.1 Å². The molecule has 0 spiro atoms. The van der Waals surface area contributed by atoms with E-state index in [4.69, 9.17) is 0 Å². The molecule has 44 heavy (non-hydrogen) atoms. The Bertz CT molecular complexity index is 1560. The van der Waals surface area contributed by atoms with Crippen LogP contribution in [-0.2, 0) is 32.0 Å². The molecule has 2 aliphatic rings. The van der Waals surface area contributed by atoms with Crippen molar-refractivity contribution in [3.63, 3.8) is 0 Å².